The van der Waals surface area contributed by atoms with Gasteiger partial charge in [0.2, 0.25) is 5.91 Å². The largest absolute Gasteiger partial charge is 0.389 e. The summed E-state index contributed by atoms with van der Waals surface area (Å²) in [5.74, 6) is -0.0158. The van der Waals surface area contributed by atoms with Gasteiger partial charge in [0.15, 0.2) is 5.15 Å². The maximum absolute atomic E-state index is 11.9. The average molecular weight is 330 g/mol. The Labute approximate surface area is 124 Å². The third kappa shape index (κ3) is 6.04. The van der Waals surface area contributed by atoms with E-state index in [0.29, 0.717) is 18.0 Å². The zero-order chi connectivity index (χ0) is 15.2. The molecule has 1 N–H and O–H groups in total. The zero-order valence-corrected chi connectivity index (χ0v) is 12.4. The second-order valence-corrected chi connectivity index (χ2v) is 5.51. The van der Waals surface area contributed by atoms with Gasteiger partial charge >= 0.3 is 6.18 Å². The number of hydrogen-bond donors (Lipinski definition) is 1. The lowest BCUT2D eigenvalue weighted by molar-refractivity contribution is -0.129. The first kappa shape index (κ1) is 17.2. The number of nitrogens with zero attached hydrogens (tertiary/aromatic N) is 2. The molecule has 0 saturated carbocycles. The second-order valence-electron chi connectivity index (χ2n) is 3.93. The standard InChI is InChI=1S/C11H15ClF3N3OS/c1-2-16-8-7-18(17-10(8)12)9(19)3-5-20-6-4-11(13,14)15/h7,16H,2-6H2,1H3. The Morgan fingerprint density at radius 2 is 2.20 bits per heavy atom. The lowest BCUT2D eigenvalue weighted by Gasteiger charge is -2.05. The summed E-state index contributed by atoms with van der Waals surface area (Å²) in [5, 5.41) is 6.99. The van der Waals surface area contributed by atoms with E-state index in [0.717, 1.165) is 16.4 Å². The predicted octanol–water partition coefficient (Wildman–Crippen LogP) is 3.68. The van der Waals surface area contributed by atoms with E-state index in [-0.39, 0.29) is 23.2 Å². The topological polar surface area (TPSA) is 46.9 Å². The number of aromatic nitrogens is 2. The smallest absolute Gasteiger partial charge is 0.382 e. The van der Waals surface area contributed by atoms with Crippen LogP contribution in [0.5, 0.6) is 0 Å². The molecular weight excluding hydrogens is 315 g/mol. The van der Waals surface area contributed by atoms with Crippen molar-refractivity contribution in [3.63, 3.8) is 0 Å². The van der Waals surface area contributed by atoms with E-state index in [2.05, 4.69) is 10.4 Å². The van der Waals surface area contributed by atoms with Gasteiger partial charge in [-0.05, 0) is 6.92 Å². The monoisotopic (exact) mass is 329 g/mol. The second kappa shape index (κ2) is 7.78. The highest BCUT2D eigenvalue weighted by molar-refractivity contribution is 7.99. The van der Waals surface area contributed by atoms with E-state index in [1.807, 2.05) is 6.92 Å². The number of hydrogen-bond acceptors (Lipinski definition) is 4. The van der Waals surface area contributed by atoms with Crippen LogP contribution in [0.4, 0.5) is 18.9 Å². The number of carbonyl (C=O) groups excluding carboxylic acids is 1. The first-order valence-corrected chi connectivity index (χ1v) is 7.53. The van der Waals surface area contributed by atoms with Gasteiger partial charge in [-0.2, -0.15) is 30.0 Å². The van der Waals surface area contributed by atoms with Crippen molar-refractivity contribution in [1.82, 2.24) is 9.78 Å². The summed E-state index contributed by atoms with van der Waals surface area (Å²) in [6.45, 7) is 2.53. The van der Waals surface area contributed by atoms with Crippen LogP contribution in [-0.4, -0.2) is 39.9 Å². The van der Waals surface area contributed by atoms with Gasteiger partial charge in [0, 0.05) is 24.5 Å². The molecule has 0 aromatic carbocycles. The fourth-order valence-corrected chi connectivity index (χ4v) is 2.45. The molecule has 0 aliphatic carbocycles. The van der Waals surface area contributed by atoms with Crippen LogP contribution in [0.3, 0.4) is 0 Å². The van der Waals surface area contributed by atoms with E-state index < -0.39 is 12.6 Å². The molecule has 1 aromatic rings. The predicted molar refractivity (Wildman–Crippen MR) is 74.6 cm³/mol. The van der Waals surface area contributed by atoms with Crippen LogP contribution in [0.1, 0.15) is 24.6 Å². The normalized spacial score (nSPS) is 11.7. The molecule has 20 heavy (non-hydrogen) atoms. The molecule has 1 aromatic heterocycles. The summed E-state index contributed by atoms with van der Waals surface area (Å²) < 4.78 is 36.8. The molecule has 0 saturated heterocycles. The lowest BCUT2D eigenvalue weighted by Crippen LogP contribution is -2.13. The summed E-state index contributed by atoms with van der Waals surface area (Å²) in [6, 6.07) is 0. The summed E-state index contributed by atoms with van der Waals surface area (Å²) in [5.41, 5.74) is 0.562. The minimum absolute atomic E-state index is 0.0424. The molecule has 0 aliphatic rings. The lowest BCUT2D eigenvalue weighted by atomic mass is 10.4. The molecule has 0 atom stereocenters. The summed E-state index contributed by atoms with van der Waals surface area (Å²) in [6.07, 6.45) is -3.39. The van der Waals surface area contributed by atoms with Crippen LogP contribution in [0, 0.1) is 0 Å². The van der Waals surface area contributed by atoms with Crippen molar-refractivity contribution < 1.29 is 18.0 Å². The van der Waals surface area contributed by atoms with Gasteiger partial charge in [-0.25, -0.2) is 4.68 Å². The minimum Gasteiger partial charge on any atom is -0.382 e. The molecule has 1 rings (SSSR count). The maximum atomic E-state index is 11.9. The average Bonchev–Trinajstić information content (AvgIpc) is 2.69. The third-order valence-corrected chi connectivity index (χ3v) is 3.55. The highest BCUT2D eigenvalue weighted by Crippen LogP contribution is 2.22. The van der Waals surface area contributed by atoms with Crippen molar-refractivity contribution in [2.75, 3.05) is 23.4 Å². The van der Waals surface area contributed by atoms with Gasteiger partial charge in [-0.1, -0.05) is 11.6 Å². The summed E-state index contributed by atoms with van der Waals surface area (Å²) >= 11 is 6.92. The van der Waals surface area contributed by atoms with Gasteiger partial charge < -0.3 is 5.32 Å². The molecule has 114 valence electrons. The van der Waals surface area contributed by atoms with E-state index in [4.69, 9.17) is 11.6 Å². The number of rotatable bonds is 7. The summed E-state index contributed by atoms with van der Waals surface area (Å²) in [7, 11) is 0. The Hall–Kier alpha value is -0.890. The fraction of sp³-hybridized carbons (Fsp3) is 0.636. The Morgan fingerprint density at radius 3 is 2.80 bits per heavy atom. The molecule has 9 heteroatoms. The molecule has 0 fully saturated rings. The van der Waals surface area contributed by atoms with Crippen molar-refractivity contribution >= 4 is 35.0 Å². The molecule has 0 bridgehead atoms. The van der Waals surface area contributed by atoms with Crippen molar-refractivity contribution in [2.45, 2.75) is 25.9 Å². The molecule has 0 radical (unpaired) electrons. The Bertz CT molecular complexity index is 451. The van der Waals surface area contributed by atoms with Gasteiger partial charge in [0.25, 0.3) is 0 Å². The van der Waals surface area contributed by atoms with Crippen LogP contribution < -0.4 is 5.32 Å². The van der Waals surface area contributed by atoms with Crippen molar-refractivity contribution in [3.05, 3.63) is 11.3 Å². The maximum Gasteiger partial charge on any atom is 0.389 e. The van der Waals surface area contributed by atoms with E-state index in [1.54, 1.807) is 0 Å². The molecular formula is C11H15ClF3N3OS. The Kier molecular flexibility index (Phi) is 6.67. The zero-order valence-electron chi connectivity index (χ0n) is 10.8. The SMILES string of the molecule is CCNc1cn(C(=O)CCSCCC(F)(F)F)nc1Cl. The molecule has 0 amide bonds. The Morgan fingerprint density at radius 1 is 1.50 bits per heavy atom. The minimum atomic E-state index is -4.15. The van der Waals surface area contributed by atoms with Crippen LogP contribution in [-0.2, 0) is 0 Å². The summed E-state index contributed by atoms with van der Waals surface area (Å²) in [4.78, 5) is 11.8. The van der Waals surface area contributed by atoms with Crippen molar-refractivity contribution in [3.8, 4) is 0 Å². The van der Waals surface area contributed by atoms with Crippen molar-refractivity contribution in [2.24, 2.45) is 0 Å². The number of alkyl halides is 3. The van der Waals surface area contributed by atoms with E-state index in [1.165, 1.54) is 6.20 Å². The van der Waals surface area contributed by atoms with Gasteiger partial charge in [-0.15, -0.1) is 0 Å². The number of carbonyl (C=O) groups is 1. The fourth-order valence-electron chi connectivity index (χ4n) is 1.35. The highest BCUT2D eigenvalue weighted by atomic mass is 35.5. The molecule has 4 nitrogen and oxygen atoms in total. The number of halogens is 4. The van der Waals surface area contributed by atoms with Crippen LogP contribution in [0.15, 0.2) is 6.20 Å². The number of anilines is 1. The van der Waals surface area contributed by atoms with Crippen LogP contribution in [0.25, 0.3) is 0 Å². The van der Waals surface area contributed by atoms with E-state index >= 15 is 0 Å². The number of nitrogens with one attached hydrogen (secondary N) is 1. The number of thioether (sulfide) groups is 1. The molecule has 1 heterocycles. The first-order valence-electron chi connectivity index (χ1n) is 6.00. The van der Waals surface area contributed by atoms with Crippen LogP contribution >= 0.6 is 23.4 Å². The van der Waals surface area contributed by atoms with Crippen molar-refractivity contribution in [1.29, 1.82) is 0 Å². The van der Waals surface area contributed by atoms with E-state index in [9.17, 15) is 18.0 Å². The van der Waals surface area contributed by atoms with Crippen LogP contribution in [0.2, 0.25) is 5.15 Å². The third-order valence-electron chi connectivity index (χ3n) is 2.28. The molecule has 0 unspecified atom stereocenters. The van der Waals surface area contributed by atoms with Gasteiger partial charge in [0.05, 0.1) is 18.3 Å². The molecule has 0 aliphatic heterocycles. The quantitative estimate of drug-likeness (QED) is 0.775. The van der Waals surface area contributed by atoms with Gasteiger partial charge in [0.1, 0.15) is 0 Å². The highest BCUT2D eigenvalue weighted by Gasteiger charge is 2.26. The van der Waals surface area contributed by atoms with Gasteiger partial charge in [-0.3, -0.25) is 4.79 Å². The Balaban J connectivity index is 2.34. The first-order chi connectivity index (χ1) is 9.33. The molecule has 0 spiro atoms.